The molecular formula is C20H30O3. The molecule has 0 radical (unpaired) electrons. The van der Waals surface area contributed by atoms with E-state index in [1.165, 1.54) is 12.7 Å². The third-order valence-corrected chi connectivity index (χ3v) is 6.53. The molecule has 0 heterocycles. The monoisotopic (exact) mass is 318 g/mol. The van der Waals surface area contributed by atoms with E-state index in [1.807, 2.05) is 13.0 Å². The Hall–Kier alpha value is -1.38. The third-order valence-electron chi connectivity index (χ3n) is 6.53. The lowest BCUT2D eigenvalue weighted by atomic mass is 9.46. The van der Waals surface area contributed by atoms with Crippen molar-refractivity contribution in [2.75, 3.05) is 7.11 Å². The second kappa shape index (κ2) is 6.62. The van der Waals surface area contributed by atoms with E-state index >= 15 is 0 Å². The summed E-state index contributed by atoms with van der Waals surface area (Å²) in [7, 11) is 1.49. The van der Waals surface area contributed by atoms with Crippen LogP contribution in [0.2, 0.25) is 0 Å². The Kier molecular flexibility index (Phi) is 5.17. The quantitative estimate of drug-likeness (QED) is 0.332. The van der Waals surface area contributed by atoms with E-state index in [-0.39, 0.29) is 11.4 Å². The first-order valence-electron chi connectivity index (χ1n) is 8.67. The molecule has 0 aromatic heterocycles. The molecule has 23 heavy (non-hydrogen) atoms. The molecule has 0 aromatic rings. The van der Waals surface area contributed by atoms with Crippen molar-refractivity contribution in [2.45, 2.75) is 59.3 Å². The number of ether oxygens (including phenoxy) is 1. The maximum atomic E-state index is 12.5. The number of methoxy groups -OCH3 is 1. The lowest BCUT2D eigenvalue weighted by Crippen LogP contribution is -2.53. The summed E-state index contributed by atoms with van der Waals surface area (Å²) in [5.74, 6) is 0.580. The molecule has 4 atom stereocenters. The Balaban J connectivity index is 2.36. The van der Waals surface area contributed by atoms with Gasteiger partial charge in [-0.3, -0.25) is 9.59 Å². The average Bonchev–Trinajstić information content (AvgIpc) is 2.52. The molecule has 0 saturated heterocycles. The zero-order valence-electron chi connectivity index (χ0n) is 15.0. The smallest absolute Gasteiger partial charge is 0.311 e. The highest BCUT2D eigenvalue weighted by molar-refractivity contribution is 5.77. The van der Waals surface area contributed by atoms with E-state index in [2.05, 4.69) is 20.4 Å². The molecule has 0 aromatic carbocycles. The Labute approximate surface area is 140 Å². The summed E-state index contributed by atoms with van der Waals surface area (Å²) in [4.78, 5) is 23.4. The van der Waals surface area contributed by atoms with Crippen LogP contribution in [0.25, 0.3) is 0 Å². The van der Waals surface area contributed by atoms with Gasteiger partial charge in [0.25, 0.3) is 0 Å². The molecule has 128 valence electrons. The number of esters is 1. The fourth-order valence-corrected chi connectivity index (χ4v) is 5.21. The molecule has 0 amide bonds. The van der Waals surface area contributed by atoms with Crippen molar-refractivity contribution in [1.82, 2.24) is 0 Å². The van der Waals surface area contributed by atoms with E-state index in [1.54, 1.807) is 0 Å². The first-order chi connectivity index (χ1) is 10.8. The summed E-state index contributed by atoms with van der Waals surface area (Å²) in [5.41, 5.74) is 1.70. The predicted molar refractivity (Wildman–Crippen MR) is 91.9 cm³/mol. The first kappa shape index (κ1) is 18.0. The minimum atomic E-state index is -0.399. The minimum absolute atomic E-state index is 0.0518. The maximum Gasteiger partial charge on any atom is 0.311 e. The van der Waals surface area contributed by atoms with E-state index in [0.717, 1.165) is 50.4 Å². The van der Waals surface area contributed by atoms with Crippen molar-refractivity contribution >= 4 is 12.3 Å². The Bertz CT molecular complexity index is 533. The van der Waals surface area contributed by atoms with E-state index in [9.17, 15) is 9.59 Å². The van der Waals surface area contributed by atoms with Crippen LogP contribution < -0.4 is 0 Å². The number of rotatable bonds is 4. The van der Waals surface area contributed by atoms with Crippen LogP contribution in [0.1, 0.15) is 59.3 Å². The number of carbonyl (C=O) groups excluding carboxylic acids is 2. The summed E-state index contributed by atoms with van der Waals surface area (Å²) < 4.78 is 5.14. The topological polar surface area (TPSA) is 43.4 Å². The molecule has 2 aliphatic carbocycles. The largest absolute Gasteiger partial charge is 0.469 e. The normalized spacial score (nSPS) is 37.9. The molecule has 2 rings (SSSR count). The molecule has 2 saturated carbocycles. The number of aldehydes is 1. The summed E-state index contributed by atoms with van der Waals surface area (Å²) in [6, 6.07) is 0. The number of allylic oxidation sites excluding steroid dienone is 3. The zero-order valence-corrected chi connectivity index (χ0v) is 15.0. The summed E-state index contributed by atoms with van der Waals surface area (Å²) in [6.07, 6.45) is 8.81. The van der Waals surface area contributed by atoms with Crippen LogP contribution in [0.4, 0.5) is 0 Å². The van der Waals surface area contributed by atoms with Gasteiger partial charge in [-0.25, -0.2) is 0 Å². The summed E-state index contributed by atoms with van der Waals surface area (Å²) >= 11 is 0. The lowest BCUT2D eigenvalue weighted by Gasteiger charge is -2.57. The molecule has 2 aliphatic rings. The third kappa shape index (κ3) is 3.02. The van der Waals surface area contributed by atoms with Crippen LogP contribution in [0.5, 0.6) is 0 Å². The number of fused-ring (bicyclic) bond motifs is 1. The van der Waals surface area contributed by atoms with Gasteiger partial charge in [-0.1, -0.05) is 31.6 Å². The van der Waals surface area contributed by atoms with Crippen LogP contribution in [0, 0.1) is 22.7 Å². The highest BCUT2D eigenvalue weighted by Gasteiger charge is 2.57. The summed E-state index contributed by atoms with van der Waals surface area (Å²) in [6.45, 7) is 10.6. The van der Waals surface area contributed by atoms with Crippen LogP contribution in [-0.4, -0.2) is 19.4 Å². The van der Waals surface area contributed by atoms with Gasteiger partial charge >= 0.3 is 5.97 Å². The van der Waals surface area contributed by atoms with Gasteiger partial charge in [0, 0.05) is 0 Å². The minimum Gasteiger partial charge on any atom is -0.469 e. The molecule has 3 nitrogen and oxygen atoms in total. The Morgan fingerprint density at radius 3 is 2.70 bits per heavy atom. The highest BCUT2D eigenvalue weighted by atomic mass is 16.5. The predicted octanol–water partition coefficient (Wildman–Crippen LogP) is 4.47. The molecule has 4 unspecified atom stereocenters. The van der Waals surface area contributed by atoms with Crippen molar-refractivity contribution in [1.29, 1.82) is 0 Å². The average molecular weight is 318 g/mol. The lowest BCUT2D eigenvalue weighted by molar-refractivity contribution is -0.167. The molecule has 0 aliphatic heterocycles. The van der Waals surface area contributed by atoms with Gasteiger partial charge in [-0.15, -0.1) is 0 Å². The van der Waals surface area contributed by atoms with Crippen LogP contribution in [0.3, 0.4) is 0 Å². The van der Waals surface area contributed by atoms with E-state index in [0.29, 0.717) is 11.8 Å². The Morgan fingerprint density at radius 1 is 1.39 bits per heavy atom. The van der Waals surface area contributed by atoms with Gasteiger partial charge in [0.2, 0.25) is 0 Å². The van der Waals surface area contributed by atoms with Crippen molar-refractivity contribution in [3.63, 3.8) is 0 Å². The molecule has 2 fully saturated rings. The molecule has 3 heteroatoms. The van der Waals surface area contributed by atoms with Crippen LogP contribution in [0.15, 0.2) is 23.8 Å². The van der Waals surface area contributed by atoms with Crippen molar-refractivity contribution in [3.8, 4) is 0 Å². The number of carbonyl (C=O) groups is 2. The van der Waals surface area contributed by atoms with Gasteiger partial charge < -0.3 is 4.74 Å². The second-order valence-corrected chi connectivity index (χ2v) is 7.87. The van der Waals surface area contributed by atoms with Crippen LogP contribution >= 0.6 is 0 Å². The van der Waals surface area contributed by atoms with Crippen molar-refractivity contribution < 1.29 is 14.3 Å². The zero-order chi connectivity index (χ0) is 17.3. The highest BCUT2D eigenvalue weighted by Crippen LogP contribution is 2.62. The van der Waals surface area contributed by atoms with Crippen molar-refractivity contribution in [2.24, 2.45) is 22.7 Å². The maximum absolute atomic E-state index is 12.5. The second-order valence-electron chi connectivity index (χ2n) is 7.87. The van der Waals surface area contributed by atoms with Crippen LogP contribution in [-0.2, 0) is 14.3 Å². The van der Waals surface area contributed by atoms with Gasteiger partial charge in [-0.2, -0.15) is 0 Å². The van der Waals surface area contributed by atoms with E-state index in [4.69, 9.17) is 4.74 Å². The molecule has 0 N–H and O–H groups in total. The molecule has 0 spiro atoms. The fourth-order valence-electron chi connectivity index (χ4n) is 5.21. The number of hydrogen-bond donors (Lipinski definition) is 0. The van der Waals surface area contributed by atoms with Gasteiger partial charge in [0.15, 0.2) is 0 Å². The summed E-state index contributed by atoms with van der Waals surface area (Å²) in [5, 5.41) is 0. The van der Waals surface area contributed by atoms with Crippen molar-refractivity contribution in [3.05, 3.63) is 23.8 Å². The Morgan fingerprint density at radius 2 is 2.09 bits per heavy atom. The van der Waals surface area contributed by atoms with E-state index < -0.39 is 5.41 Å². The molecule has 0 bridgehead atoms. The van der Waals surface area contributed by atoms with Gasteiger partial charge in [0.05, 0.1) is 12.5 Å². The fraction of sp³-hybridized carbons (Fsp3) is 0.700. The first-order valence-corrected chi connectivity index (χ1v) is 8.67. The van der Waals surface area contributed by atoms with Gasteiger partial charge in [-0.05, 0) is 68.8 Å². The standard InChI is InChI=1S/C20H30O3/c1-14(13-21)7-9-16-15(2)8-10-17-19(16,3)11-6-12-20(17,4)18(22)23-5/h7,13,16-17H,2,6,8-12H2,1,3-5H3. The SMILES string of the molecule is C=C1CCC2C(C)(C(=O)OC)CCCC2(C)C1CC=C(C)C=O. The number of hydrogen-bond acceptors (Lipinski definition) is 3. The van der Waals surface area contributed by atoms with Gasteiger partial charge in [0.1, 0.15) is 6.29 Å². The molecular weight excluding hydrogens is 288 g/mol.